The highest BCUT2D eigenvalue weighted by molar-refractivity contribution is 6.34. The number of aliphatic hydroxyl groups excluding tert-OH is 2. The third kappa shape index (κ3) is 3.35. The topological polar surface area (TPSA) is 70.4 Å². The molecular formula is C25H23ClN2O3. The minimum absolute atomic E-state index is 0.258. The lowest BCUT2D eigenvalue weighted by Gasteiger charge is -2.09. The summed E-state index contributed by atoms with van der Waals surface area (Å²) in [5.74, 6) is 0.736. The van der Waals surface area contributed by atoms with Crippen LogP contribution in [0.15, 0.2) is 60.9 Å². The summed E-state index contributed by atoms with van der Waals surface area (Å²) >= 11 is 6.53. The molecule has 0 aliphatic carbocycles. The maximum Gasteiger partial charge on any atom is 0.121 e. The van der Waals surface area contributed by atoms with Crippen molar-refractivity contribution in [2.75, 3.05) is 13.2 Å². The Kier molecular flexibility index (Phi) is 5.10. The number of hydrogen-bond donors (Lipinski definition) is 3. The molecule has 1 unspecified atom stereocenters. The van der Waals surface area contributed by atoms with E-state index in [2.05, 4.69) is 28.7 Å². The summed E-state index contributed by atoms with van der Waals surface area (Å²) in [5.41, 5.74) is 4.28. The summed E-state index contributed by atoms with van der Waals surface area (Å²) in [6.45, 7) is 0.0852. The van der Waals surface area contributed by atoms with Crippen molar-refractivity contribution in [2.24, 2.45) is 7.05 Å². The van der Waals surface area contributed by atoms with E-state index in [-0.39, 0.29) is 6.61 Å². The van der Waals surface area contributed by atoms with Gasteiger partial charge in [0.1, 0.15) is 5.75 Å². The molecule has 0 aliphatic rings. The molecule has 31 heavy (non-hydrogen) atoms. The molecule has 0 saturated carbocycles. The number of H-pyrrole nitrogens is 1. The Bertz CT molecular complexity index is 1400. The summed E-state index contributed by atoms with van der Waals surface area (Å²) in [6.07, 6.45) is 3.69. The van der Waals surface area contributed by atoms with E-state index < -0.39 is 6.10 Å². The van der Waals surface area contributed by atoms with Crippen molar-refractivity contribution in [3.8, 4) is 16.9 Å². The molecule has 5 nitrogen and oxygen atoms in total. The molecule has 6 heteroatoms. The van der Waals surface area contributed by atoms with Crippen molar-refractivity contribution in [3.63, 3.8) is 0 Å². The fourth-order valence-electron chi connectivity index (χ4n) is 4.29. The molecule has 1 atom stereocenters. The van der Waals surface area contributed by atoms with Crippen LogP contribution in [0, 0.1) is 0 Å². The summed E-state index contributed by atoms with van der Waals surface area (Å²) in [5, 5.41) is 23.8. The number of benzene rings is 3. The van der Waals surface area contributed by atoms with Crippen LogP contribution in [-0.2, 0) is 7.05 Å². The highest BCUT2D eigenvalue weighted by Gasteiger charge is 2.17. The summed E-state index contributed by atoms with van der Waals surface area (Å²) in [6, 6.07) is 16.2. The number of rotatable bonds is 6. The van der Waals surface area contributed by atoms with Gasteiger partial charge in [-0.1, -0.05) is 29.8 Å². The van der Waals surface area contributed by atoms with Gasteiger partial charge in [-0.25, -0.2) is 0 Å². The molecule has 5 aromatic rings. The molecule has 2 heterocycles. The summed E-state index contributed by atoms with van der Waals surface area (Å²) in [4.78, 5) is 3.27. The van der Waals surface area contributed by atoms with Crippen LogP contribution in [0.2, 0.25) is 5.02 Å². The fraction of sp³-hybridized carbons (Fsp3) is 0.200. The Morgan fingerprint density at radius 1 is 1.00 bits per heavy atom. The van der Waals surface area contributed by atoms with Crippen LogP contribution in [0.3, 0.4) is 0 Å². The second-order valence-corrected chi connectivity index (χ2v) is 8.20. The van der Waals surface area contributed by atoms with Crippen LogP contribution in [0.5, 0.6) is 5.75 Å². The minimum atomic E-state index is -0.758. The largest absolute Gasteiger partial charge is 0.493 e. The molecular weight excluding hydrogens is 412 g/mol. The number of aromatic nitrogens is 2. The van der Waals surface area contributed by atoms with Gasteiger partial charge in [-0.15, -0.1) is 0 Å². The van der Waals surface area contributed by atoms with E-state index in [1.54, 1.807) is 0 Å². The van der Waals surface area contributed by atoms with Gasteiger partial charge in [0.05, 0.1) is 30.4 Å². The van der Waals surface area contributed by atoms with Crippen molar-refractivity contribution in [1.82, 2.24) is 9.55 Å². The zero-order valence-corrected chi connectivity index (χ0v) is 17.9. The number of nitrogens with one attached hydrogen (secondary N) is 1. The molecule has 0 saturated heterocycles. The van der Waals surface area contributed by atoms with Crippen LogP contribution in [0.1, 0.15) is 6.42 Å². The van der Waals surface area contributed by atoms with Crippen molar-refractivity contribution < 1.29 is 14.9 Å². The first-order valence-corrected chi connectivity index (χ1v) is 10.6. The monoisotopic (exact) mass is 434 g/mol. The summed E-state index contributed by atoms with van der Waals surface area (Å²) in [7, 11) is 2.05. The number of nitrogens with zero attached hydrogens (tertiary/aromatic N) is 1. The van der Waals surface area contributed by atoms with Gasteiger partial charge in [-0.05, 0) is 29.8 Å². The third-order valence-corrected chi connectivity index (χ3v) is 6.23. The van der Waals surface area contributed by atoms with Gasteiger partial charge in [0, 0.05) is 64.1 Å². The molecule has 2 aromatic heterocycles. The number of aryl methyl sites for hydroxylation is 1. The minimum Gasteiger partial charge on any atom is -0.493 e. The lowest BCUT2D eigenvalue weighted by atomic mass is 9.97. The van der Waals surface area contributed by atoms with E-state index in [1.165, 1.54) is 5.39 Å². The molecule has 5 rings (SSSR count). The Morgan fingerprint density at radius 3 is 2.61 bits per heavy atom. The maximum atomic E-state index is 9.52. The molecule has 0 bridgehead atoms. The molecule has 0 amide bonds. The van der Waals surface area contributed by atoms with Crippen LogP contribution >= 0.6 is 11.6 Å². The SMILES string of the molecule is Cn1c2cc(OCCC(O)CO)ccc2c2c3c[nH]cc3c(-c3ccccc3Cl)cc21. The second-order valence-electron chi connectivity index (χ2n) is 7.79. The van der Waals surface area contributed by atoms with E-state index in [4.69, 9.17) is 21.4 Å². The molecule has 3 aromatic carbocycles. The second kappa shape index (κ2) is 7.93. The average molecular weight is 435 g/mol. The highest BCUT2D eigenvalue weighted by atomic mass is 35.5. The number of halogens is 1. The van der Waals surface area contributed by atoms with Gasteiger partial charge in [-0.3, -0.25) is 0 Å². The number of aromatic amines is 1. The van der Waals surface area contributed by atoms with Crippen LogP contribution < -0.4 is 4.74 Å². The van der Waals surface area contributed by atoms with Gasteiger partial charge in [-0.2, -0.15) is 0 Å². The maximum absolute atomic E-state index is 9.52. The van der Waals surface area contributed by atoms with Crippen molar-refractivity contribution >= 4 is 44.2 Å². The number of ether oxygens (including phenoxy) is 1. The lowest BCUT2D eigenvalue weighted by Crippen LogP contribution is -2.15. The Hall–Kier alpha value is -2.99. The quantitative estimate of drug-likeness (QED) is 0.341. The van der Waals surface area contributed by atoms with Gasteiger partial charge in [0.2, 0.25) is 0 Å². The highest BCUT2D eigenvalue weighted by Crippen LogP contribution is 2.41. The number of hydrogen-bond acceptors (Lipinski definition) is 3. The van der Waals surface area contributed by atoms with Gasteiger partial charge >= 0.3 is 0 Å². The number of aliphatic hydroxyl groups is 2. The molecule has 0 fully saturated rings. The van der Waals surface area contributed by atoms with Gasteiger partial charge in [0.15, 0.2) is 0 Å². The van der Waals surface area contributed by atoms with Crippen molar-refractivity contribution in [1.29, 1.82) is 0 Å². The predicted molar refractivity (Wildman–Crippen MR) is 126 cm³/mol. The third-order valence-electron chi connectivity index (χ3n) is 5.90. The standard InChI is InChI=1S/C25H23ClN2O3/c1-28-23-10-16(31-9-8-15(30)14-29)6-7-18(23)25-21-13-27-12-20(21)19(11-24(25)28)17-4-2-3-5-22(17)26/h2-7,10-13,15,27,29-30H,8-9,14H2,1H3. The molecule has 0 aliphatic heterocycles. The van der Waals surface area contributed by atoms with Crippen LogP contribution in [0.4, 0.5) is 0 Å². The lowest BCUT2D eigenvalue weighted by molar-refractivity contribution is 0.0754. The Balaban J connectivity index is 1.67. The normalized spacial score (nSPS) is 12.8. The van der Waals surface area contributed by atoms with E-state index in [0.29, 0.717) is 13.0 Å². The molecule has 0 radical (unpaired) electrons. The molecule has 3 N–H and O–H groups in total. The van der Waals surface area contributed by atoms with Crippen molar-refractivity contribution in [3.05, 3.63) is 65.9 Å². The average Bonchev–Trinajstić information content (AvgIpc) is 3.37. The van der Waals surface area contributed by atoms with E-state index in [1.807, 2.05) is 48.8 Å². The Morgan fingerprint density at radius 2 is 1.81 bits per heavy atom. The summed E-state index contributed by atoms with van der Waals surface area (Å²) < 4.78 is 7.98. The molecule has 0 spiro atoms. The van der Waals surface area contributed by atoms with Gasteiger partial charge in [0.25, 0.3) is 0 Å². The van der Waals surface area contributed by atoms with Crippen LogP contribution in [-0.4, -0.2) is 39.1 Å². The first kappa shape index (κ1) is 19.9. The predicted octanol–water partition coefficient (Wildman–Crippen LogP) is 5.26. The first-order chi connectivity index (χ1) is 15.1. The Labute approximate surface area is 184 Å². The fourth-order valence-corrected chi connectivity index (χ4v) is 4.53. The van der Waals surface area contributed by atoms with E-state index in [9.17, 15) is 5.11 Å². The molecule has 158 valence electrons. The van der Waals surface area contributed by atoms with E-state index in [0.717, 1.165) is 49.1 Å². The van der Waals surface area contributed by atoms with E-state index >= 15 is 0 Å². The van der Waals surface area contributed by atoms with Crippen molar-refractivity contribution in [2.45, 2.75) is 12.5 Å². The zero-order valence-electron chi connectivity index (χ0n) is 17.1. The first-order valence-electron chi connectivity index (χ1n) is 10.3. The number of fused-ring (bicyclic) bond motifs is 5. The smallest absolute Gasteiger partial charge is 0.121 e. The van der Waals surface area contributed by atoms with Crippen LogP contribution in [0.25, 0.3) is 43.7 Å². The zero-order chi connectivity index (χ0) is 21.5. The van der Waals surface area contributed by atoms with Gasteiger partial charge < -0.3 is 24.5 Å².